The Hall–Kier alpha value is -4.15. The van der Waals surface area contributed by atoms with Gasteiger partial charge in [-0.2, -0.15) is 0 Å². The summed E-state index contributed by atoms with van der Waals surface area (Å²) in [6, 6.07) is 21.9. The Morgan fingerprint density at radius 3 is 2.60 bits per heavy atom. The molecular weight excluding hydrogens is 486 g/mol. The van der Waals surface area contributed by atoms with Gasteiger partial charge in [-0.25, -0.2) is 5.10 Å². The molecule has 0 saturated heterocycles. The van der Waals surface area contributed by atoms with Crippen molar-refractivity contribution in [2.75, 3.05) is 16.4 Å². The van der Waals surface area contributed by atoms with Crippen molar-refractivity contribution in [3.05, 3.63) is 83.5 Å². The standard InChI is InChI=1S/C24H18ClN7O2S/c25-15-9-10-18(17(12-15)23-29-31-32-30-23)28-24(34)20-11-14-5-4-8-19(22(14)27-20)26-21(33)13-35-16-6-2-1-3-7-16/h1-12,27H,13H2,(H,26,33)(H,28,34)(H,29,30,31,32). The molecule has 0 fully saturated rings. The number of halogens is 1. The molecule has 0 saturated carbocycles. The molecule has 35 heavy (non-hydrogen) atoms. The second-order valence-electron chi connectivity index (χ2n) is 7.50. The van der Waals surface area contributed by atoms with Crippen LogP contribution in [0.4, 0.5) is 11.4 Å². The van der Waals surface area contributed by atoms with Gasteiger partial charge in [0.25, 0.3) is 5.91 Å². The van der Waals surface area contributed by atoms with Gasteiger partial charge in [-0.3, -0.25) is 9.59 Å². The molecule has 0 atom stereocenters. The zero-order chi connectivity index (χ0) is 24.2. The van der Waals surface area contributed by atoms with E-state index in [4.69, 9.17) is 11.6 Å². The maximum atomic E-state index is 13.1. The Bertz CT molecular complexity index is 1500. The van der Waals surface area contributed by atoms with E-state index in [1.807, 2.05) is 42.5 Å². The molecule has 0 aliphatic heterocycles. The van der Waals surface area contributed by atoms with Crippen LogP contribution in [0.1, 0.15) is 10.5 Å². The van der Waals surface area contributed by atoms with Crippen LogP contribution in [0.2, 0.25) is 5.02 Å². The van der Waals surface area contributed by atoms with Gasteiger partial charge in [0, 0.05) is 20.9 Å². The van der Waals surface area contributed by atoms with Crippen molar-refractivity contribution in [3.63, 3.8) is 0 Å². The average molecular weight is 504 g/mol. The first-order valence-corrected chi connectivity index (χ1v) is 11.9. The van der Waals surface area contributed by atoms with Gasteiger partial charge in [-0.1, -0.05) is 41.9 Å². The number of carbonyl (C=O) groups excluding carboxylic acids is 2. The lowest BCUT2D eigenvalue weighted by atomic mass is 10.1. The quantitative estimate of drug-likeness (QED) is 0.232. The fourth-order valence-electron chi connectivity index (χ4n) is 3.52. The predicted octanol–water partition coefficient (Wildman–Crippen LogP) is 4.98. The largest absolute Gasteiger partial charge is 0.349 e. The number of fused-ring (bicyclic) bond motifs is 1. The van der Waals surface area contributed by atoms with Gasteiger partial charge in [-0.15, -0.1) is 16.9 Å². The van der Waals surface area contributed by atoms with Crippen LogP contribution in [0, 0.1) is 0 Å². The van der Waals surface area contributed by atoms with Crippen LogP contribution in [0.25, 0.3) is 22.3 Å². The number of thioether (sulfide) groups is 1. The molecular formula is C24H18ClN7O2S. The van der Waals surface area contributed by atoms with Crippen LogP contribution in [0.15, 0.2) is 77.7 Å². The highest BCUT2D eigenvalue weighted by Crippen LogP contribution is 2.29. The number of amides is 2. The number of carbonyl (C=O) groups is 2. The minimum Gasteiger partial charge on any atom is -0.349 e. The van der Waals surface area contributed by atoms with Crippen LogP contribution in [0.3, 0.4) is 0 Å². The summed E-state index contributed by atoms with van der Waals surface area (Å²) >= 11 is 7.57. The fourth-order valence-corrected chi connectivity index (χ4v) is 4.41. The maximum Gasteiger partial charge on any atom is 0.272 e. The molecule has 0 radical (unpaired) electrons. The zero-order valence-corrected chi connectivity index (χ0v) is 19.7. The third-order valence-electron chi connectivity index (χ3n) is 5.12. The van der Waals surface area contributed by atoms with E-state index >= 15 is 0 Å². The molecule has 5 rings (SSSR count). The van der Waals surface area contributed by atoms with Crippen molar-refractivity contribution >= 4 is 57.5 Å². The number of benzene rings is 3. The summed E-state index contributed by atoms with van der Waals surface area (Å²) in [5, 5.41) is 20.8. The molecule has 9 nitrogen and oxygen atoms in total. The Morgan fingerprint density at radius 2 is 1.80 bits per heavy atom. The molecule has 2 amide bonds. The first-order chi connectivity index (χ1) is 17.1. The first kappa shape index (κ1) is 22.6. The third kappa shape index (κ3) is 5.18. The number of nitrogens with zero attached hydrogens (tertiary/aromatic N) is 3. The fraction of sp³-hybridized carbons (Fsp3) is 0.0417. The van der Waals surface area contributed by atoms with E-state index in [0.29, 0.717) is 39.0 Å². The minimum absolute atomic E-state index is 0.140. The second kappa shape index (κ2) is 10.00. The number of anilines is 2. The van der Waals surface area contributed by atoms with Crippen molar-refractivity contribution < 1.29 is 9.59 Å². The average Bonchev–Trinajstić information content (AvgIpc) is 3.55. The van der Waals surface area contributed by atoms with Crippen LogP contribution in [0.5, 0.6) is 0 Å². The van der Waals surface area contributed by atoms with Gasteiger partial charge in [0.1, 0.15) is 5.69 Å². The van der Waals surface area contributed by atoms with E-state index in [2.05, 4.69) is 36.2 Å². The van der Waals surface area contributed by atoms with E-state index in [1.54, 1.807) is 30.3 Å². The normalized spacial score (nSPS) is 10.9. The van der Waals surface area contributed by atoms with Crippen molar-refractivity contribution in [1.29, 1.82) is 0 Å². The smallest absolute Gasteiger partial charge is 0.272 e. The van der Waals surface area contributed by atoms with Crippen LogP contribution >= 0.6 is 23.4 Å². The molecule has 11 heteroatoms. The van der Waals surface area contributed by atoms with Gasteiger partial charge in [0.05, 0.1) is 22.6 Å². The highest BCUT2D eigenvalue weighted by molar-refractivity contribution is 8.00. The SMILES string of the molecule is O=C(CSc1ccccc1)Nc1cccc2cc(C(=O)Nc3ccc(Cl)cc3-c3nnn[nH]3)[nH]c12. The van der Waals surface area contributed by atoms with Crippen molar-refractivity contribution in [2.45, 2.75) is 4.90 Å². The number of para-hydroxylation sites is 1. The van der Waals surface area contributed by atoms with Gasteiger partial charge < -0.3 is 15.6 Å². The van der Waals surface area contributed by atoms with Crippen molar-refractivity contribution in [3.8, 4) is 11.4 Å². The van der Waals surface area contributed by atoms with E-state index in [0.717, 1.165) is 10.3 Å². The number of aromatic nitrogens is 5. The summed E-state index contributed by atoms with van der Waals surface area (Å²) in [4.78, 5) is 29.7. The Morgan fingerprint density at radius 1 is 0.943 bits per heavy atom. The van der Waals surface area contributed by atoms with Gasteiger partial charge >= 0.3 is 0 Å². The number of hydrogen-bond acceptors (Lipinski definition) is 6. The highest BCUT2D eigenvalue weighted by atomic mass is 35.5. The highest BCUT2D eigenvalue weighted by Gasteiger charge is 2.16. The third-order valence-corrected chi connectivity index (χ3v) is 6.37. The number of aromatic amines is 2. The molecule has 174 valence electrons. The molecule has 0 aliphatic carbocycles. The lowest BCUT2D eigenvalue weighted by Gasteiger charge is -2.09. The Balaban J connectivity index is 1.34. The lowest BCUT2D eigenvalue weighted by Crippen LogP contribution is -2.14. The number of hydrogen-bond donors (Lipinski definition) is 4. The minimum atomic E-state index is -0.367. The van der Waals surface area contributed by atoms with E-state index in [1.165, 1.54) is 11.8 Å². The van der Waals surface area contributed by atoms with E-state index in [-0.39, 0.29) is 17.6 Å². The summed E-state index contributed by atoms with van der Waals surface area (Å²) in [6.45, 7) is 0. The summed E-state index contributed by atoms with van der Waals surface area (Å²) in [6.07, 6.45) is 0. The number of nitrogens with one attached hydrogen (secondary N) is 4. The van der Waals surface area contributed by atoms with Crippen molar-refractivity contribution in [2.24, 2.45) is 0 Å². The second-order valence-corrected chi connectivity index (χ2v) is 8.98. The Kier molecular flexibility index (Phi) is 6.47. The first-order valence-electron chi connectivity index (χ1n) is 10.5. The topological polar surface area (TPSA) is 128 Å². The summed E-state index contributed by atoms with van der Waals surface area (Å²) < 4.78 is 0. The molecule has 0 spiro atoms. The van der Waals surface area contributed by atoms with Gasteiger partial charge in [0.15, 0.2) is 5.82 Å². The summed E-state index contributed by atoms with van der Waals surface area (Å²) in [7, 11) is 0. The molecule has 0 bridgehead atoms. The summed E-state index contributed by atoms with van der Waals surface area (Å²) in [5.41, 5.74) is 2.63. The monoisotopic (exact) mass is 503 g/mol. The molecule has 0 aliphatic rings. The van der Waals surface area contributed by atoms with Crippen LogP contribution < -0.4 is 10.6 Å². The number of tetrazole rings is 1. The molecule has 4 N–H and O–H groups in total. The van der Waals surface area contributed by atoms with E-state index < -0.39 is 0 Å². The lowest BCUT2D eigenvalue weighted by molar-refractivity contribution is -0.113. The molecule has 2 aromatic heterocycles. The number of rotatable bonds is 7. The van der Waals surface area contributed by atoms with E-state index in [9.17, 15) is 9.59 Å². The van der Waals surface area contributed by atoms with Crippen molar-refractivity contribution in [1.82, 2.24) is 25.6 Å². The summed E-state index contributed by atoms with van der Waals surface area (Å²) in [5.74, 6) is 0.134. The van der Waals surface area contributed by atoms with Gasteiger partial charge in [0.2, 0.25) is 5.91 Å². The molecule has 5 aromatic rings. The van der Waals surface area contributed by atoms with Crippen LogP contribution in [-0.4, -0.2) is 43.2 Å². The maximum absolute atomic E-state index is 13.1. The molecule has 2 heterocycles. The Labute approximate surface area is 208 Å². The molecule has 0 unspecified atom stereocenters. The number of H-pyrrole nitrogens is 2. The van der Waals surface area contributed by atoms with Crippen LogP contribution in [-0.2, 0) is 4.79 Å². The predicted molar refractivity (Wildman–Crippen MR) is 137 cm³/mol. The molecule has 3 aromatic carbocycles. The zero-order valence-electron chi connectivity index (χ0n) is 18.1. The van der Waals surface area contributed by atoms with Gasteiger partial charge in [-0.05, 0) is 52.9 Å².